The molecule has 3 rings (SSSR count). The Morgan fingerprint density at radius 2 is 1.52 bits per heavy atom. The number of nitrogens with zero attached hydrogens (tertiary/aromatic N) is 1. The highest BCUT2D eigenvalue weighted by Gasteiger charge is 2.15. The summed E-state index contributed by atoms with van der Waals surface area (Å²) in [6.07, 6.45) is 0. The van der Waals surface area contributed by atoms with Crippen molar-refractivity contribution in [3.8, 4) is 11.5 Å². The molecule has 0 aliphatic carbocycles. The van der Waals surface area contributed by atoms with Crippen LogP contribution in [0.2, 0.25) is 0 Å². The number of amides is 1. The highest BCUT2D eigenvalue weighted by Crippen LogP contribution is 2.21. The van der Waals surface area contributed by atoms with Crippen LogP contribution in [0.5, 0.6) is 11.5 Å². The molecule has 0 spiro atoms. The molecule has 0 saturated carbocycles. The van der Waals surface area contributed by atoms with Crippen LogP contribution in [-0.4, -0.2) is 35.1 Å². The zero-order valence-corrected chi connectivity index (χ0v) is 17.7. The van der Waals surface area contributed by atoms with E-state index in [0.717, 1.165) is 0 Å². The normalized spacial score (nSPS) is 10.9. The number of sulfonamides is 1. The van der Waals surface area contributed by atoms with Gasteiger partial charge in [-0.15, -0.1) is 0 Å². The molecule has 1 amide bonds. The number of benzene rings is 3. The summed E-state index contributed by atoms with van der Waals surface area (Å²) in [6, 6.07) is 17.7. The van der Waals surface area contributed by atoms with Crippen LogP contribution in [0.4, 0.5) is 15.8 Å². The molecule has 0 bridgehead atoms. The standard InChI is InChI=1S/C22H21FN2O5S/c1-25(18-7-3-16(23)4-8-18)22(26)15-30-20-11-13-21(14-12-20)31(27,28)24-17-5-9-19(29-2)10-6-17/h3-14,24H,15H2,1-2H3. The molecule has 0 aliphatic heterocycles. The van der Waals surface area contributed by atoms with Gasteiger partial charge < -0.3 is 14.4 Å². The summed E-state index contributed by atoms with van der Waals surface area (Å²) in [5.41, 5.74) is 0.927. The molecule has 9 heteroatoms. The average Bonchev–Trinajstić information content (AvgIpc) is 2.78. The SMILES string of the molecule is COc1ccc(NS(=O)(=O)c2ccc(OCC(=O)N(C)c3ccc(F)cc3)cc2)cc1. The van der Waals surface area contributed by atoms with Gasteiger partial charge in [0.1, 0.15) is 17.3 Å². The Bertz CT molecular complexity index is 1130. The van der Waals surface area contributed by atoms with Crippen LogP contribution < -0.4 is 19.1 Å². The van der Waals surface area contributed by atoms with Gasteiger partial charge in [-0.1, -0.05) is 0 Å². The van der Waals surface area contributed by atoms with Gasteiger partial charge in [-0.05, 0) is 72.8 Å². The Kier molecular flexibility index (Phi) is 6.76. The summed E-state index contributed by atoms with van der Waals surface area (Å²) in [5.74, 6) is 0.218. The van der Waals surface area contributed by atoms with Gasteiger partial charge in [0.25, 0.3) is 15.9 Å². The first kappa shape index (κ1) is 22.1. The van der Waals surface area contributed by atoms with Gasteiger partial charge in [-0.3, -0.25) is 9.52 Å². The number of nitrogens with one attached hydrogen (secondary N) is 1. The zero-order valence-electron chi connectivity index (χ0n) is 16.9. The molecule has 0 aromatic heterocycles. The maximum absolute atomic E-state index is 13.0. The summed E-state index contributed by atoms with van der Waals surface area (Å²) in [7, 11) is -0.706. The largest absolute Gasteiger partial charge is 0.497 e. The quantitative estimate of drug-likeness (QED) is 0.573. The van der Waals surface area contributed by atoms with Crippen LogP contribution in [0.25, 0.3) is 0 Å². The van der Waals surface area contributed by atoms with Crippen LogP contribution >= 0.6 is 0 Å². The van der Waals surface area contributed by atoms with Crippen LogP contribution in [0.1, 0.15) is 0 Å². The number of methoxy groups -OCH3 is 1. The van der Waals surface area contributed by atoms with Crippen LogP contribution in [0.3, 0.4) is 0 Å². The average molecular weight is 444 g/mol. The molecule has 0 heterocycles. The summed E-state index contributed by atoms with van der Waals surface area (Å²) in [6.45, 7) is -0.260. The van der Waals surface area contributed by atoms with E-state index in [0.29, 0.717) is 22.9 Å². The summed E-state index contributed by atoms with van der Waals surface area (Å²) in [4.78, 5) is 13.7. The van der Waals surface area contributed by atoms with Crippen molar-refractivity contribution in [2.75, 3.05) is 30.4 Å². The third-order valence-electron chi connectivity index (χ3n) is 4.43. The molecule has 0 atom stereocenters. The van der Waals surface area contributed by atoms with E-state index in [1.165, 1.54) is 60.5 Å². The lowest BCUT2D eigenvalue weighted by Crippen LogP contribution is -2.31. The van der Waals surface area contributed by atoms with E-state index >= 15 is 0 Å². The van der Waals surface area contributed by atoms with Gasteiger partial charge >= 0.3 is 0 Å². The number of likely N-dealkylation sites (N-methyl/N-ethyl adjacent to an activating group) is 1. The second-order valence-electron chi connectivity index (χ2n) is 6.52. The topological polar surface area (TPSA) is 84.9 Å². The van der Waals surface area contributed by atoms with E-state index in [9.17, 15) is 17.6 Å². The van der Waals surface area contributed by atoms with Gasteiger partial charge in [0, 0.05) is 18.4 Å². The molecule has 0 radical (unpaired) electrons. The van der Waals surface area contributed by atoms with Gasteiger partial charge in [-0.25, -0.2) is 12.8 Å². The lowest BCUT2D eigenvalue weighted by atomic mass is 10.3. The first-order chi connectivity index (χ1) is 14.8. The van der Waals surface area contributed by atoms with Crippen molar-refractivity contribution in [2.24, 2.45) is 0 Å². The zero-order chi connectivity index (χ0) is 22.4. The molecule has 7 nitrogen and oxygen atoms in total. The summed E-state index contributed by atoms with van der Waals surface area (Å²) >= 11 is 0. The molecule has 0 saturated heterocycles. The minimum absolute atomic E-state index is 0.0467. The smallest absolute Gasteiger partial charge is 0.264 e. The number of carbonyl (C=O) groups is 1. The van der Waals surface area contributed by atoms with E-state index in [2.05, 4.69) is 4.72 Å². The molecule has 3 aromatic rings. The van der Waals surface area contributed by atoms with Crippen molar-refractivity contribution < 1.29 is 27.1 Å². The number of anilines is 2. The van der Waals surface area contributed by atoms with E-state index in [1.807, 2.05) is 0 Å². The van der Waals surface area contributed by atoms with Crippen molar-refractivity contribution in [2.45, 2.75) is 4.90 Å². The monoisotopic (exact) mass is 444 g/mol. The number of carbonyl (C=O) groups excluding carboxylic acids is 1. The molecule has 1 N–H and O–H groups in total. The minimum atomic E-state index is -3.79. The second-order valence-corrected chi connectivity index (χ2v) is 8.21. The fourth-order valence-corrected chi connectivity index (χ4v) is 3.70. The minimum Gasteiger partial charge on any atom is -0.497 e. The van der Waals surface area contributed by atoms with Crippen LogP contribution in [0.15, 0.2) is 77.7 Å². The van der Waals surface area contributed by atoms with Gasteiger partial charge in [0.2, 0.25) is 0 Å². The first-order valence-electron chi connectivity index (χ1n) is 9.20. The summed E-state index contributed by atoms with van der Waals surface area (Å²) in [5, 5.41) is 0. The van der Waals surface area contributed by atoms with E-state index in [1.54, 1.807) is 31.3 Å². The third-order valence-corrected chi connectivity index (χ3v) is 5.82. The van der Waals surface area contributed by atoms with Crippen molar-refractivity contribution in [1.29, 1.82) is 0 Å². The van der Waals surface area contributed by atoms with Crippen LogP contribution in [0, 0.1) is 5.82 Å². The maximum Gasteiger partial charge on any atom is 0.264 e. The predicted molar refractivity (Wildman–Crippen MR) is 116 cm³/mol. The Balaban J connectivity index is 1.59. The molecule has 0 unspecified atom stereocenters. The van der Waals surface area contributed by atoms with Gasteiger partial charge in [0.15, 0.2) is 6.61 Å². The van der Waals surface area contributed by atoms with E-state index in [-0.39, 0.29) is 17.4 Å². The van der Waals surface area contributed by atoms with Crippen molar-refractivity contribution >= 4 is 27.3 Å². The van der Waals surface area contributed by atoms with Crippen molar-refractivity contribution in [3.05, 3.63) is 78.6 Å². The highest BCUT2D eigenvalue weighted by atomic mass is 32.2. The molecule has 3 aromatic carbocycles. The predicted octanol–water partition coefficient (Wildman–Crippen LogP) is 3.68. The lowest BCUT2D eigenvalue weighted by molar-refractivity contribution is -0.120. The Hall–Kier alpha value is -3.59. The number of halogens is 1. The fraction of sp³-hybridized carbons (Fsp3) is 0.136. The fourth-order valence-electron chi connectivity index (χ4n) is 2.64. The lowest BCUT2D eigenvalue weighted by Gasteiger charge is -2.17. The second kappa shape index (κ2) is 9.48. The molecular weight excluding hydrogens is 423 g/mol. The molecule has 0 aliphatic rings. The number of ether oxygens (including phenoxy) is 2. The number of hydrogen-bond acceptors (Lipinski definition) is 5. The number of rotatable bonds is 8. The highest BCUT2D eigenvalue weighted by molar-refractivity contribution is 7.92. The Morgan fingerprint density at radius 3 is 2.10 bits per heavy atom. The van der Waals surface area contributed by atoms with E-state index < -0.39 is 15.8 Å². The molecule has 31 heavy (non-hydrogen) atoms. The van der Waals surface area contributed by atoms with Crippen LogP contribution in [-0.2, 0) is 14.8 Å². The Morgan fingerprint density at radius 1 is 0.935 bits per heavy atom. The first-order valence-corrected chi connectivity index (χ1v) is 10.7. The number of hydrogen-bond donors (Lipinski definition) is 1. The Labute approximate surface area is 180 Å². The van der Waals surface area contributed by atoms with Gasteiger partial charge in [0.05, 0.1) is 12.0 Å². The van der Waals surface area contributed by atoms with E-state index in [4.69, 9.17) is 9.47 Å². The summed E-state index contributed by atoms with van der Waals surface area (Å²) < 4.78 is 51.1. The third kappa shape index (κ3) is 5.73. The van der Waals surface area contributed by atoms with Crippen molar-refractivity contribution in [3.63, 3.8) is 0 Å². The molecule has 162 valence electrons. The maximum atomic E-state index is 13.0. The van der Waals surface area contributed by atoms with Crippen molar-refractivity contribution in [1.82, 2.24) is 0 Å². The molecular formula is C22H21FN2O5S. The van der Waals surface area contributed by atoms with Gasteiger partial charge in [-0.2, -0.15) is 0 Å². The molecule has 0 fully saturated rings.